The predicted molar refractivity (Wildman–Crippen MR) is 98.9 cm³/mol. The maximum Gasteiger partial charge on any atom is 0.269 e. The number of amides is 2. The fourth-order valence-electron chi connectivity index (χ4n) is 2.40. The third-order valence-corrected chi connectivity index (χ3v) is 4.29. The molecule has 3 rings (SSSR count). The van der Waals surface area contributed by atoms with Gasteiger partial charge in [0.1, 0.15) is 5.69 Å². The van der Waals surface area contributed by atoms with Gasteiger partial charge < -0.3 is 15.6 Å². The molecule has 0 saturated carbocycles. The average Bonchev–Trinajstić information content (AvgIpc) is 2.95. The minimum absolute atomic E-state index is 0.141. The maximum absolute atomic E-state index is 12.3. The van der Waals surface area contributed by atoms with Gasteiger partial charge in [0.05, 0.1) is 11.6 Å². The Balaban J connectivity index is 1.59. The van der Waals surface area contributed by atoms with Crippen molar-refractivity contribution in [3.05, 3.63) is 69.8 Å². The summed E-state index contributed by atoms with van der Waals surface area (Å²) in [7, 11) is 0. The summed E-state index contributed by atoms with van der Waals surface area (Å²) < 4.78 is 0. The van der Waals surface area contributed by atoms with E-state index in [0.29, 0.717) is 22.5 Å². The van der Waals surface area contributed by atoms with Crippen LogP contribution in [0.5, 0.6) is 0 Å². The largest absolute Gasteiger partial charge is 0.350 e. The number of carbonyl (C=O) groups is 2. The number of carbonyl (C=O) groups excluding carboxylic acids is 2. The van der Waals surface area contributed by atoms with Crippen LogP contribution in [-0.2, 0) is 11.3 Å². The van der Waals surface area contributed by atoms with Crippen LogP contribution in [0, 0.1) is 0 Å². The fraction of sp³-hybridized carbons (Fsp3) is 0.111. The van der Waals surface area contributed by atoms with Crippen LogP contribution >= 0.6 is 23.2 Å². The first-order chi connectivity index (χ1) is 12.0. The summed E-state index contributed by atoms with van der Waals surface area (Å²) in [6.07, 6.45) is 0. The molecule has 0 saturated heterocycles. The number of benzene rings is 2. The Kier molecular flexibility index (Phi) is 5.26. The summed E-state index contributed by atoms with van der Waals surface area (Å²) in [6, 6.07) is 14.6. The zero-order valence-electron chi connectivity index (χ0n) is 13.1. The highest BCUT2D eigenvalue weighted by Crippen LogP contribution is 2.29. The van der Waals surface area contributed by atoms with Crippen LogP contribution in [0.2, 0.25) is 10.0 Å². The average molecular weight is 376 g/mol. The lowest BCUT2D eigenvalue weighted by Crippen LogP contribution is -2.36. The molecule has 0 spiro atoms. The normalized spacial score (nSPS) is 10.6. The highest BCUT2D eigenvalue weighted by molar-refractivity contribution is 6.39. The Morgan fingerprint density at radius 3 is 2.52 bits per heavy atom. The highest BCUT2D eigenvalue weighted by atomic mass is 35.5. The standard InChI is InChI=1S/C18H15Cl2N3O2/c19-12-6-7-14-13(8-12)16(20)17(23-14)18(25)22-10-15(24)21-9-11-4-2-1-3-5-11/h1-8,23H,9-10H2,(H,21,24)(H,22,25). The number of hydrogen-bond donors (Lipinski definition) is 3. The van der Waals surface area contributed by atoms with Gasteiger partial charge in [0, 0.05) is 22.5 Å². The van der Waals surface area contributed by atoms with Crippen molar-refractivity contribution >= 4 is 45.9 Å². The van der Waals surface area contributed by atoms with Gasteiger partial charge in [0.15, 0.2) is 0 Å². The highest BCUT2D eigenvalue weighted by Gasteiger charge is 2.17. The van der Waals surface area contributed by atoms with E-state index in [0.717, 1.165) is 5.56 Å². The van der Waals surface area contributed by atoms with Gasteiger partial charge in [-0.2, -0.15) is 0 Å². The van der Waals surface area contributed by atoms with E-state index in [2.05, 4.69) is 15.6 Å². The summed E-state index contributed by atoms with van der Waals surface area (Å²) >= 11 is 12.2. The second-order valence-electron chi connectivity index (χ2n) is 5.45. The molecular weight excluding hydrogens is 361 g/mol. The van der Waals surface area contributed by atoms with Crippen LogP contribution in [0.25, 0.3) is 10.9 Å². The first-order valence-corrected chi connectivity index (χ1v) is 8.36. The molecule has 128 valence electrons. The van der Waals surface area contributed by atoms with Crippen LogP contribution < -0.4 is 10.6 Å². The lowest BCUT2D eigenvalue weighted by Gasteiger charge is -2.06. The molecule has 3 N–H and O–H groups in total. The number of nitrogens with one attached hydrogen (secondary N) is 3. The molecule has 2 amide bonds. The van der Waals surface area contributed by atoms with E-state index in [1.54, 1.807) is 18.2 Å². The Morgan fingerprint density at radius 1 is 1.00 bits per heavy atom. The molecule has 0 aliphatic carbocycles. The molecule has 25 heavy (non-hydrogen) atoms. The van der Waals surface area contributed by atoms with Gasteiger partial charge in [0.25, 0.3) is 5.91 Å². The van der Waals surface area contributed by atoms with E-state index in [9.17, 15) is 9.59 Å². The summed E-state index contributed by atoms with van der Waals surface area (Å²) in [5.41, 5.74) is 1.89. The molecule has 0 aliphatic heterocycles. The summed E-state index contributed by atoms with van der Waals surface area (Å²) in [6.45, 7) is 0.263. The molecule has 5 nitrogen and oxygen atoms in total. The van der Waals surface area contributed by atoms with Gasteiger partial charge in [-0.05, 0) is 23.8 Å². The monoisotopic (exact) mass is 375 g/mol. The van der Waals surface area contributed by atoms with Crippen molar-refractivity contribution in [2.24, 2.45) is 0 Å². The van der Waals surface area contributed by atoms with Crippen LogP contribution in [0.3, 0.4) is 0 Å². The Labute approximate surface area is 154 Å². The quantitative estimate of drug-likeness (QED) is 0.638. The van der Waals surface area contributed by atoms with Gasteiger partial charge in [0.2, 0.25) is 5.91 Å². The molecule has 0 fully saturated rings. The molecular formula is C18H15Cl2N3O2. The first kappa shape index (κ1) is 17.3. The zero-order chi connectivity index (χ0) is 17.8. The summed E-state index contributed by atoms with van der Waals surface area (Å²) in [5, 5.41) is 6.76. The number of aromatic nitrogens is 1. The molecule has 7 heteroatoms. The smallest absolute Gasteiger partial charge is 0.269 e. The molecule has 1 heterocycles. The van der Waals surface area contributed by atoms with Crippen LogP contribution in [0.4, 0.5) is 0 Å². The van der Waals surface area contributed by atoms with Gasteiger partial charge in [-0.1, -0.05) is 53.5 Å². The SMILES string of the molecule is O=C(CNC(=O)c1[nH]c2ccc(Cl)cc2c1Cl)NCc1ccccc1. The van der Waals surface area contributed by atoms with E-state index in [-0.39, 0.29) is 23.2 Å². The molecule has 0 unspecified atom stereocenters. The van der Waals surface area contributed by atoms with Gasteiger partial charge in [-0.25, -0.2) is 0 Å². The Bertz CT molecular complexity index is 923. The molecule has 0 atom stereocenters. The van der Waals surface area contributed by atoms with E-state index in [4.69, 9.17) is 23.2 Å². The van der Waals surface area contributed by atoms with E-state index in [1.807, 2.05) is 30.3 Å². The first-order valence-electron chi connectivity index (χ1n) is 7.60. The minimum atomic E-state index is -0.452. The number of rotatable bonds is 5. The van der Waals surface area contributed by atoms with E-state index in [1.165, 1.54) is 0 Å². The van der Waals surface area contributed by atoms with Crippen molar-refractivity contribution in [2.45, 2.75) is 6.54 Å². The van der Waals surface area contributed by atoms with Crippen molar-refractivity contribution in [2.75, 3.05) is 6.54 Å². The number of aromatic amines is 1. The summed E-state index contributed by atoms with van der Waals surface area (Å²) in [5.74, 6) is -0.736. The lowest BCUT2D eigenvalue weighted by atomic mass is 10.2. The van der Waals surface area contributed by atoms with Crippen molar-refractivity contribution in [3.8, 4) is 0 Å². The molecule has 3 aromatic rings. The molecule has 0 radical (unpaired) electrons. The molecule has 2 aromatic carbocycles. The Hall–Kier alpha value is -2.50. The molecule has 0 bridgehead atoms. The second kappa shape index (κ2) is 7.59. The lowest BCUT2D eigenvalue weighted by molar-refractivity contribution is -0.120. The fourth-order valence-corrected chi connectivity index (χ4v) is 2.86. The van der Waals surface area contributed by atoms with Crippen LogP contribution in [-0.4, -0.2) is 23.3 Å². The Morgan fingerprint density at radius 2 is 1.76 bits per heavy atom. The molecule has 1 aromatic heterocycles. The van der Waals surface area contributed by atoms with E-state index < -0.39 is 5.91 Å². The number of hydrogen-bond acceptors (Lipinski definition) is 2. The van der Waals surface area contributed by atoms with Gasteiger partial charge in [-0.15, -0.1) is 0 Å². The molecule has 0 aliphatic rings. The second-order valence-corrected chi connectivity index (χ2v) is 6.26. The van der Waals surface area contributed by atoms with E-state index >= 15 is 0 Å². The number of fused-ring (bicyclic) bond motifs is 1. The van der Waals surface area contributed by atoms with Crippen molar-refractivity contribution in [1.82, 2.24) is 15.6 Å². The minimum Gasteiger partial charge on any atom is -0.350 e. The van der Waals surface area contributed by atoms with Crippen LogP contribution in [0.15, 0.2) is 48.5 Å². The number of halogens is 2. The van der Waals surface area contributed by atoms with Crippen molar-refractivity contribution in [3.63, 3.8) is 0 Å². The van der Waals surface area contributed by atoms with Gasteiger partial charge >= 0.3 is 0 Å². The number of H-pyrrole nitrogens is 1. The van der Waals surface area contributed by atoms with Crippen molar-refractivity contribution < 1.29 is 9.59 Å². The van der Waals surface area contributed by atoms with Crippen LogP contribution in [0.1, 0.15) is 16.1 Å². The maximum atomic E-state index is 12.3. The topological polar surface area (TPSA) is 74.0 Å². The third-order valence-electron chi connectivity index (χ3n) is 3.67. The third kappa shape index (κ3) is 4.13. The summed E-state index contributed by atoms with van der Waals surface area (Å²) in [4.78, 5) is 27.1. The van der Waals surface area contributed by atoms with Gasteiger partial charge in [-0.3, -0.25) is 9.59 Å². The predicted octanol–water partition coefficient (Wildman–Crippen LogP) is 3.52. The zero-order valence-corrected chi connectivity index (χ0v) is 14.6. The van der Waals surface area contributed by atoms with Crippen molar-refractivity contribution in [1.29, 1.82) is 0 Å².